The van der Waals surface area contributed by atoms with Crippen molar-refractivity contribution in [2.24, 2.45) is 0 Å². The Hall–Kier alpha value is -0.380. The highest BCUT2D eigenvalue weighted by Gasteiger charge is 2.26. The molecule has 74 valence electrons. The summed E-state index contributed by atoms with van der Waals surface area (Å²) in [6.07, 6.45) is 4.82. The Labute approximate surface area is 78.3 Å². The zero-order valence-corrected chi connectivity index (χ0v) is 7.74. The molecule has 3 heteroatoms. The van der Waals surface area contributed by atoms with Crippen LogP contribution in [0.15, 0.2) is 11.6 Å². The van der Waals surface area contributed by atoms with Crippen LogP contribution >= 0.6 is 0 Å². The van der Waals surface area contributed by atoms with Gasteiger partial charge in [-0.3, -0.25) is 0 Å². The van der Waals surface area contributed by atoms with Crippen LogP contribution in [0.25, 0.3) is 0 Å². The fraction of sp³-hybridized carbons (Fsp3) is 0.800. The Morgan fingerprint density at radius 1 is 1.46 bits per heavy atom. The Balaban J connectivity index is 1.90. The van der Waals surface area contributed by atoms with Crippen LogP contribution in [0.4, 0.5) is 0 Å². The molecule has 2 rings (SSSR count). The number of aliphatic hydroxyl groups excluding tert-OH is 1. The van der Waals surface area contributed by atoms with Crippen LogP contribution in [0, 0.1) is 0 Å². The molecular formula is C10H16O3. The highest BCUT2D eigenvalue weighted by molar-refractivity contribution is 5.14. The number of hydrogen-bond donors (Lipinski definition) is 1. The van der Waals surface area contributed by atoms with Crippen LogP contribution in [-0.2, 0) is 9.47 Å². The van der Waals surface area contributed by atoms with Gasteiger partial charge in [-0.25, -0.2) is 0 Å². The molecule has 0 aromatic heterocycles. The number of allylic oxidation sites excluding steroid dienone is 1. The minimum Gasteiger partial charge on any atom is -0.386 e. The largest absolute Gasteiger partial charge is 0.386 e. The van der Waals surface area contributed by atoms with Crippen molar-refractivity contribution in [2.45, 2.75) is 31.5 Å². The van der Waals surface area contributed by atoms with Gasteiger partial charge in [0.25, 0.3) is 0 Å². The fourth-order valence-electron chi connectivity index (χ4n) is 1.89. The van der Waals surface area contributed by atoms with Gasteiger partial charge in [-0.15, -0.1) is 0 Å². The van der Waals surface area contributed by atoms with E-state index in [2.05, 4.69) is 6.08 Å². The summed E-state index contributed by atoms with van der Waals surface area (Å²) in [4.78, 5) is 0. The molecule has 0 aromatic carbocycles. The maximum Gasteiger partial charge on any atom is 0.111 e. The van der Waals surface area contributed by atoms with Crippen molar-refractivity contribution in [3.63, 3.8) is 0 Å². The highest BCUT2D eigenvalue weighted by atomic mass is 16.6. The van der Waals surface area contributed by atoms with E-state index < -0.39 is 6.10 Å². The van der Waals surface area contributed by atoms with Crippen molar-refractivity contribution in [1.82, 2.24) is 0 Å². The average Bonchev–Trinajstić information content (AvgIpc) is 2.71. The Kier molecular flexibility index (Phi) is 2.98. The normalized spacial score (nSPS) is 31.5. The molecule has 0 saturated carbocycles. The van der Waals surface area contributed by atoms with Crippen molar-refractivity contribution in [3.05, 3.63) is 11.6 Å². The van der Waals surface area contributed by atoms with E-state index in [4.69, 9.17) is 9.47 Å². The molecular weight excluding hydrogens is 168 g/mol. The second kappa shape index (κ2) is 4.22. The number of aliphatic hydroxyl groups is 1. The molecule has 2 aliphatic rings. The molecule has 1 fully saturated rings. The highest BCUT2D eigenvalue weighted by Crippen LogP contribution is 2.24. The van der Waals surface area contributed by atoms with Crippen molar-refractivity contribution in [3.8, 4) is 0 Å². The van der Waals surface area contributed by atoms with Gasteiger partial charge in [0.15, 0.2) is 0 Å². The number of hydrogen-bond acceptors (Lipinski definition) is 3. The summed E-state index contributed by atoms with van der Waals surface area (Å²) in [6.45, 7) is 1.79. The molecule has 3 nitrogen and oxygen atoms in total. The molecule has 1 N–H and O–H groups in total. The summed E-state index contributed by atoms with van der Waals surface area (Å²) in [6, 6.07) is 0. The van der Waals surface area contributed by atoms with Gasteiger partial charge in [-0.2, -0.15) is 0 Å². The zero-order valence-electron chi connectivity index (χ0n) is 7.74. The van der Waals surface area contributed by atoms with Crippen LogP contribution in [0.5, 0.6) is 0 Å². The van der Waals surface area contributed by atoms with Crippen molar-refractivity contribution in [1.29, 1.82) is 0 Å². The van der Waals surface area contributed by atoms with Gasteiger partial charge in [0.2, 0.25) is 0 Å². The molecule has 0 aromatic rings. The van der Waals surface area contributed by atoms with E-state index in [1.165, 1.54) is 6.42 Å². The van der Waals surface area contributed by atoms with E-state index in [9.17, 15) is 5.11 Å². The van der Waals surface area contributed by atoms with E-state index in [0.717, 1.165) is 18.4 Å². The van der Waals surface area contributed by atoms with E-state index in [0.29, 0.717) is 19.8 Å². The Morgan fingerprint density at radius 3 is 3.00 bits per heavy atom. The maximum atomic E-state index is 9.90. The lowest BCUT2D eigenvalue weighted by Crippen LogP contribution is -2.39. The fourth-order valence-corrected chi connectivity index (χ4v) is 1.89. The second-order valence-corrected chi connectivity index (χ2v) is 3.60. The Morgan fingerprint density at radius 2 is 2.38 bits per heavy atom. The van der Waals surface area contributed by atoms with E-state index >= 15 is 0 Å². The smallest absolute Gasteiger partial charge is 0.111 e. The van der Waals surface area contributed by atoms with Gasteiger partial charge < -0.3 is 14.6 Å². The van der Waals surface area contributed by atoms with Crippen molar-refractivity contribution >= 4 is 0 Å². The summed E-state index contributed by atoms with van der Waals surface area (Å²) in [7, 11) is 0. The standard InChI is InChI=1S/C10H16O3/c11-10(8-3-1-2-4-8)9-7-12-5-6-13-9/h3,9-11H,1-2,4-7H2. The molecule has 13 heavy (non-hydrogen) atoms. The first-order chi connectivity index (χ1) is 6.38. The third-order valence-corrected chi connectivity index (χ3v) is 2.65. The second-order valence-electron chi connectivity index (χ2n) is 3.60. The monoisotopic (exact) mass is 184 g/mol. The van der Waals surface area contributed by atoms with Gasteiger partial charge in [0.05, 0.1) is 19.8 Å². The molecule has 0 radical (unpaired) electrons. The van der Waals surface area contributed by atoms with Crippen LogP contribution in [0.3, 0.4) is 0 Å². The van der Waals surface area contributed by atoms with Crippen LogP contribution < -0.4 is 0 Å². The van der Waals surface area contributed by atoms with Gasteiger partial charge >= 0.3 is 0 Å². The predicted octanol–water partition coefficient (Wildman–Crippen LogP) is 0.873. The quantitative estimate of drug-likeness (QED) is 0.647. The summed E-state index contributed by atoms with van der Waals surface area (Å²) in [5, 5.41) is 9.90. The molecule has 0 spiro atoms. The Bertz CT molecular complexity index is 194. The number of ether oxygens (including phenoxy) is 2. The maximum absolute atomic E-state index is 9.90. The first kappa shape index (κ1) is 9.19. The lowest BCUT2D eigenvalue weighted by Gasteiger charge is -2.27. The predicted molar refractivity (Wildman–Crippen MR) is 48.5 cm³/mol. The topological polar surface area (TPSA) is 38.7 Å². The van der Waals surface area contributed by atoms with Gasteiger partial charge in [-0.1, -0.05) is 6.08 Å². The van der Waals surface area contributed by atoms with Gasteiger partial charge in [0, 0.05) is 0 Å². The van der Waals surface area contributed by atoms with Crippen LogP contribution in [0.1, 0.15) is 19.3 Å². The van der Waals surface area contributed by atoms with Gasteiger partial charge in [0.1, 0.15) is 12.2 Å². The molecule has 1 heterocycles. The molecule has 1 aliphatic carbocycles. The van der Waals surface area contributed by atoms with Crippen LogP contribution in [-0.4, -0.2) is 37.1 Å². The third kappa shape index (κ3) is 2.10. The minimum atomic E-state index is -0.442. The minimum absolute atomic E-state index is 0.141. The SMILES string of the molecule is OC(C1=CCCC1)C1COCCO1. The lowest BCUT2D eigenvalue weighted by molar-refractivity contribution is -0.124. The molecule has 1 aliphatic heterocycles. The number of rotatable bonds is 2. The van der Waals surface area contributed by atoms with Crippen molar-refractivity contribution < 1.29 is 14.6 Å². The van der Waals surface area contributed by atoms with E-state index in [1.54, 1.807) is 0 Å². The van der Waals surface area contributed by atoms with E-state index in [1.807, 2.05) is 0 Å². The molecule has 2 atom stereocenters. The first-order valence-electron chi connectivity index (χ1n) is 4.94. The summed E-state index contributed by atoms with van der Waals surface area (Å²) >= 11 is 0. The summed E-state index contributed by atoms with van der Waals surface area (Å²) < 4.78 is 10.7. The summed E-state index contributed by atoms with van der Waals surface area (Å²) in [5.74, 6) is 0. The molecule has 0 bridgehead atoms. The third-order valence-electron chi connectivity index (χ3n) is 2.65. The van der Waals surface area contributed by atoms with Crippen LogP contribution in [0.2, 0.25) is 0 Å². The first-order valence-corrected chi connectivity index (χ1v) is 4.94. The van der Waals surface area contributed by atoms with Crippen molar-refractivity contribution in [2.75, 3.05) is 19.8 Å². The lowest BCUT2D eigenvalue weighted by atomic mass is 10.0. The average molecular weight is 184 g/mol. The van der Waals surface area contributed by atoms with E-state index in [-0.39, 0.29) is 6.10 Å². The summed E-state index contributed by atoms with van der Waals surface area (Å²) in [5.41, 5.74) is 1.13. The van der Waals surface area contributed by atoms with Gasteiger partial charge in [-0.05, 0) is 24.8 Å². The molecule has 1 saturated heterocycles. The zero-order chi connectivity index (χ0) is 9.10. The molecule has 0 amide bonds. The molecule has 2 unspecified atom stereocenters.